The first-order chi connectivity index (χ1) is 12.5. The molecule has 0 spiro atoms. The van der Waals surface area contributed by atoms with E-state index in [1.807, 2.05) is 44.2 Å². The fraction of sp³-hybridized carbons (Fsp3) is 0.368. The predicted octanol–water partition coefficient (Wildman–Crippen LogP) is 3.57. The van der Waals surface area contributed by atoms with Crippen molar-refractivity contribution in [3.05, 3.63) is 53.2 Å². The molecule has 1 N–H and O–H groups in total. The average molecular weight is 388 g/mol. The third kappa shape index (κ3) is 4.03. The summed E-state index contributed by atoms with van der Waals surface area (Å²) in [6, 6.07) is 9.36. The quantitative estimate of drug-likeness (QED) is 0.723. The SMILES string of the molecule is Cc1cccc(-c2noc(C(C)NC(=O)c3cc(C4CC4)nn3C)n2)c1.Cl. The number of carbonyl (C=O) groups is 1. The maximum atomic E-state index is 12.6. The molecule has 142 valence electrons. The predicted molar refractivity (Wildman–Crippen MR) is 103 cm³/mol. The molecule has 4 rings (SSSR count). The van der Waals surface area contributed by atoms with Gasteiger partial charge >= 0.3 is 0 Å². The van der Waals surface area contributed by atoms with Crippen molar-refractivity contribution in [1.82, 2.24) is 25.2 Å². The topological polar surface area (TPSA) is 85.8 Å². The molecule has 1 atom stereocenters. The van der Waals surface area contributed by atoms with Crippen LogP contribution < -0.4 is 5.32 Å². The zero-order valence-electron chi connectivity index (χ0n) is 15.5. The van der Waals surface area contributed by atoms with Crippen LogP contribution in [0.1, 0.15) is 59.4 Å². The van der Waals surface area contributed by atoms with Crippen molar-refractivity contribution < 1.29 is 9.32 Å². The number of amides is 1. The standard InChI is InChI=1S/C19H21N5O2.ClH/c1-11-5-4-6-14(9-11)17-21-19(26-23-17)12(2)20-18(25)16-10-15(13-7-8-13)22-24(16)3;/h4-6,9-10,12-13H,7-8H2,1-3H3,(H,20,25);1H. The van der Waals surface area contributed by atoms with Gasteiger partial charge in [-0.15, -0.1) is 12.4 Å². The van der Waals surface area contributed by atoms with Crippen LogP contribution in [0, 0.1) is 6.92 Å². The number of carbonyl (C=O) groups excluding carboxylic acids is 1. The van der Waals surface area contributed by atoms with Crippen LogP contribution in [0.15, 0.2) is 34.9 Å². The summed E-state index contributed by atoms with van der Waals surface area (Å²) >= 11 is 0. The number of rotatable bonds is 5. The minimum absolute atomic E-state index is 0. The van der Waals surface area contributed by atoms with Crippen molar-refractivity contribution in [3.63, 3.8) is 0 Å². The second-order valence-corrected chi connectivity index (χ2v) is 6.87. The van der Waals surface area contributed by atoms with Gasteiger partial charge in [0.2, 0.25) is 11.7 Å². The van der Waals surface area contributed by atoms with Crippen LogP contribution in [-0.2, 0) is 7.05 Å². The van der Waals surface area contributed by atoms with Gasteiger partial charge in [-0.1, -0.05) is 28.9 Å². The van der Waals surface area contributed by atoms with Crippen molar-refractivity contribution in [2.45, 2.75) is 38.6 Å². The van der Waals surface area contributed by atoms with Crippen LogP contribution in [0.5, 0.6) is 0 Å². The van der Waals surface area contributed by atoms with Gasteiger partial charge in [0.1, 0.15) is 11.7 Å². The first-order valence-electron chi connectivity index (χ1n) is 8.76. The lowest BCUT2D eigenvalue weighted by Gasteiger charge is -2.09. The van der Waals surface area contributed by atoms with E-state index in [0.29, 0.717) is 23.3 Å². The Hall–Kier alpha value is -2.67. The van der Waals surface area contributed by atoms with E-state index in [9.17, 15) is 4.79 Å². The Kier molecular flexibility index (Phi) is 5.32. The molecule has 1 aliphatic rings. The monoisotopic (exact) mass is 387 g/mol. The average Bonchev–Trinajstić information content (AvgIpc) is 3.20. The minimum Gasteiger partial charge on any atom is -0.339 e. The van der Waals surface area contributed by atoms with Crippen LogP contribution >= 0.6 is 12.4 Å². The summed E-state index contributed by atoms with van der Waals surface area (Å²) in [5.41, 5.74) is 3.54. The first-order valence-corrected chi connectivity index (χ1v) is 8.76. The minimum atomic E-state index is -0.396. The first kappa shape index (κ1) is 19.1. The molecule has 0 bridgehead atoms. The van der Waals surface area contributed by atoms with Crippen molar-refractivity contribution in [2.75, 3.05) is 0 Å². The van der Waals surface area contributed by atoms with Gasteiger partial charge in [-0.25, -0.2) is 0 Å². The van der Waals surface area contributed by atoms with Crippen LogP contribution in [-0.4, -0.2) is 25.8 Å². The molecule has 2 heterocycles. The lowest BCUT2D eigenvalue weighted by Crippen LogP contribution is -2.28. The van der Waals surface area contributed by atoms with Gasteiger partial charge in [0, 0.05) is 18.5 Å². The molecular weight excluding hydrogens is 366 g/mol. The highest BCUT2D eigenvalue weighted by Crippen LogP contribution is 2.39. The molecule has 1 amide bonds. The number of benzene rings is 1. The van der Waals surface area contributed by atoms with E-state index in [-0.39, 0.29) is 18.3 Å². The highest BCUT2D eigenvalue weighted by molar-refractivity contribution is 5.92. The summed E-state index contributed by atoms with van der Waals surface area (Å²) in [6.45, 7) is 3.83. The Bertz CT molecular complexity index is 961. The van der Waals surface area contributed by atoms with Gasteiger partial charge in [0.25, 0.3) is 5.91 Å². The molecule has 1 aromatic carbocycles. The number of aryl methyl sites for hydroxylation is 2. The lowest BCUT2D eigenvalue weighted by atomic mass is 10.1. The molecule has 2 aromatic heterocycles. The van der Waals surface area contributed by atoms with E-state index in [2.05, 4.69) is 20.6 Å². The summed E-state index contributed by atoms with van der Waals surface area (Å²) < 4.78 is 6.97. The summed E-state index contributed by atoms with van der Waals surface area (Å²) in [4.78, 5) is 17.0. The Morgan fingerprint density at radius 2 is 2.11 bits per heavy atom. The van der Waals surface area contributed by atoms with Crippen LogP contribution in [0.3, 0.4) is 0 Å². The number of aromatic nitrogens is 4. The zero-order valence-corrected chi connectivity index (χ0v) is 16.3. The number of hydrogen-bond donors (Lipinski definition) is 1. The second kappa shape index (κ2) is 7.52. The summed E-state index contributed by atoms with van der Waals surface area (Å²) in [6.07, 6.45) is 2.30. The van der Waals surface area contributed by atoms with E-state index in [1.54, 1.807) is 11.7 Å². The molecule has 0 aliphatic heterocycles. The molecule has 8 heteroatoms. The summed E-state index contributed by atoms with van der Waals surface area (Å²) in [7, 11) is 1.79. The summed E-state index contributed by atoms with van der Waals surface area (Å²) in [5, 5.41) is 11.4. The molecule has 1 aliphatic carbocycles. The molecule has 0 saturated heterocycles. The van der Waals surface area contributed by atoms with E-state index in [0.717, 1.165) is 29.7 Å². The maximum Gasteiger partial charge on any atom is 0.270 e. The van der Waals surface area contributed by atoms with Gasteiger partial charge in [0.05, 0.1) is 5.69 Å². The highest BCUT2D eigenvalue weighted by Gasteiger charge is 2.28. The molecule has 7 nitrogen and oxygen atoms in total. The van der Waals surface area contributed by atoms with Crippen molar-refractivity contribution >= 4 is 18.3 Å². The second-order valence-electron chi connectivity index (χ2n) is 6.87. The van der Waals surface area contributed by atoms with Gasteiger partial charge in [0.15, 0.2) is 0 Å². The highest BCUT2D eigenvalue weighted by atomic mass is 35.5. The largest absolute Gasteiger partial charge is 0.339 e. The molecule has 3 aromatic rings. The molecule has 0 radical (unpaired) electrons. The number of nitrogens with one attached hydrogen (secondary N) is 1. The van der Waals surface area contributed by atoms with Gasteiger partial charge in [-0.3, -0.25) is 9.48 Å². The van der Waals surface area contributed by atoms with Crippen LogP contribution in [0.25, 0.3) is 11.4 Å². The Labute approximate surface area is 163 Å². The number of hydrogen-bond acceptors (Lipinski definition) is 5. The van der Waals surface area contributed by atoms with E-state index < -0.39 is 6.04 Å². The fourth-order valence-corrected chi connectivity index (χ4v) is 2.93. The normalized spacial score (nSPS) is 14.5. The van der Waals surface area contributed by atoms with E-state index in [4.69, 9.17) is 4.52 Å². The van der Waals surface area contributed by atoms with Crippen LogP contribution in [0.2, 0.25) is 0 Å². The number of halogens is 1. The molecule has 1 fully saturated rings. The molecule has 27 heavy (non-hydrogen) atoms. The third-order valence-electron chi connectivity index (χ3n) is 4.56. The van der Waals surface area contributed by atoms with Crippen molar-refractivity contribution in [2.24, 2.45) is 7.05 Å². The molecular formula is C19H22ClN5O2. The molecule has 1 unspecified atom stereocenters. The number of nitrogens with zero attached hydrogens (tertiary/aromatic N) is 4. The molecule has 1 saturated carbocycles. The Morgan fingerprint density at radius 1 is 1.33 bits per heavy atom. The smallest absolute Gasteiger partial charge is 0.270 e. The van der Waals surface area contributed by atoms with Crippen molar-refractivity contribution in [1.29, 1.82) is 0 Å². The van der Waals surface area contributed by atoms with Gasteiger partial charge < -0.3 is 9.84 Å². The third-order valence-corrected chi connectivity index (χ3v) is 4.56. The fourth-order valence-electron chi connectivity index (χ4n) is 2.93. The lowest BCUT2D eigenvalue weighted by molar-refractivity contribution is 0.0923. The maximum absolute atomic E-state index is 12.6. The summed E-state index contributed by atoms with van der Waals surface area (Å²) in [5.74, 6) is 1.20. The van der Waals surface area contributed by atoms with E-state index >= 15 is 0 Å². The van der Waals surface area contributed by atoms with Crippen LogP contribution in [0.4, 0.5) is 0 Å². The van der Waals surface area contributed by atoms with E-state index in [1.165, 1.54) is 0 Å². The van der Waals surface area contributed by atoms with Gasteiger partial charge in [-0.05, 0) is 38.8 Å². The Morgan fingerprint density at radius 3 is 2.81 bits per heavy atom. The zero-order chi connectivity index (χ0) is 18.3. The van der Waals surface area contributed by atoms with Crippen molar-refractivity contribution in [3.8, 4) is 11.4 Å². The van der Waals surface area contributed by atoms with Gasteiger partial charge in [-0.2, -0.15) is 10.1 Å². The Balaban J connectivity index is 0.00000210.